The Bertz CT molecular complexity index is 785. The van der Waals surface area contributed by atoms with Crippen LogP contribution < -0.4 is 9.64 Å². The summed E-state index contributed by atoms with van der Waals surface area (Å²) in [6, 6.07) is 0.917. The van der Waals surface area contributed by atoms with E-state index >= 15 is 0 Å². The van der Waals surface area contributed by atoms with Crippen LogP contribution in [0.15, 0.2) is 6.07 Å². The minimum absolute atomic E-state index is 0.0554. The molecule has 31 heavy (non-hydrogen) atoms. The van der Waals surface area contributed by atoms with Crippen LogP contribution in [0.4, 0.5) is 19.7 Å². The van der Waals surface area contributed by atoms with Crippen molar-refractivity contribution in [2.75, 3.05) is 18.6 Å². The molecular weight excluding hydrogens is 411 g/mol. The quantitative estimate of drug-likeness (QED) is 0.472. The van der Waals surface area contributed by atoms with Gasteiger partial charge in [-0.3, -0.25) is 4.79 Å². The Balaban J connectivity index is 3.39. The van der Waals surface area contributed by atoms with Gasteiger partial charge in [0.25, 0.3) is 0 Å². The maximum Gasteiger partial charge on any atom is 0.424 e. The van der Waals surface area contributed by atoms with E-state index in [-0.39, 0.29) is 36.7 Å². The van der Waals surface area contributed by atoms with Gasteiger partial charge in [-0.25, -0.2) is 19.0 Å². The van der Waals surface area contributed by atoms with Gasteiger partial charge in [0, 0.05) is 12.5 Å². The van der Waals surface area contributed by atoms with Crippen LogP contribution >= 0.6 is 0 Å². The molecule has 0 bridgehead atoms. The van der Waals surface area contributed by atoms with E-state index < -0.39 is 35.2 Å². The van der Waals surface area contributed by atoms with Crippen molar-refractivity contribution >= 4 is 23.8 Å². The Morgan fingerprint density at radius 3 is 1.97 bits per heavy atom. The zero-order valence-electron chi connectivity index (χ0n) is 19.3. The van der Waals surface area contributed by atoms with E-state index in [1.165, 1.54) is 7.11 Å². The van der Waals surface area contributed by atoms with Gasteiger partial charge < -0.3 is 18.9 Å². The number of esters is 1. The second-order valence-electron chi connectivity index (χ2n) is 8.55. The smallest absolute Gasteiger partial charge is 0.424 e. The van der Waals surface area contributed by atoms with E-state index in [2.05, 4.69) is 4.98 Å². The number of imide groups is 1. The number of nitrogens with zero attached hydrogens (tertiary/aromatic N) is 2. The predicted octanol–water partition coefficient (Wildman–Crippen LogP) is 4.40. The van der Waals surface area contributed by atoms with Crippen LogP contribution in [0.25, 0.3) is 0 Å². The number of methoxy groups -OCH3 is 1. The lowest BCUT2D eigenvalue weighted by Gasteiger charge is -2.29. The summed E-state index contributed by atoms with van der Waals surface area (Å²) < 4.78 is 35.3. The van der Waals surface area contributed by atoms with Gasteiger partial charge in [0.05, 0.1) is 25.8 Å². The lowest BCUT2D eigenvalue weighted by atomic mass is 10.2. The molecule has 0 saturated carbocycles. The monoisotopic (exact) mass is 442 g/mol. The summed E-state index contributed by atoms with van der Waals surface area (Å²) in [6.07, 6.45) is -2.32. The van der Waals surface area contributed by atoms with Crippen LogP contribution in [0, 0.1) is 5.82 Å². The van der Waals surface area contributed by atoms with Crippen LogP contribution in [0.2, 0.25) is 0 Å². The number of hydrogen-bond donors (Lipinski definition) is 0. The zero-order chi connectivity index (χ0) is 24.0. The van der Waals surface area contributed by atoms with Crippen molar-refractivity contribution in [2.24, 2.45) is 0 Å². The molecule has 9 nitrogen and oxygen atoms in total. The maximum absolute atomic E-state index is 14.8. The third-order valence-corrected chi connectivity index (χ3v) is 3.45. The van der Waals surface area contributed by atoms with Crippen molar-refractivity contribution < 1.29 is 37.7 Å². The molecule has 0 aromatic carbocycles. The minimum atomic E-state index is -1.08. The molecule has 1 heterocycles. The number of aromatic nitrogens is 1. The van der Waals surface area contributed by atoms with Crippen molar-refractivity contribution in [3.8, 4) is 5.88 Å². The number of anilines is 1. The number of amides is 2. The van der Waals surface area contributed by atoms with E-state index in [4.69, 9.17) is 18.9 Å². The second kappa shape index (κ2) is 10.4. The molecule has 0 fully saturated rings. The lowest BCUT2D eigenvalue weighted by Crippen LogP contribution is -2.44. The highest BCUT2D eigenvalue weighted by atomic mass is 19.1. The fourth-order valence-corrected chi connectivity index (χ4v) is 2.32. The fraction of sp³-hybridized carbons (Fsp3) is 0.619. The molecule has 2 amide bonds. The Kier molecular flexibility index (Phi) is 8.77. The molecule has 1 rings (SSSR count). The topological polar surface area (TPSA) is 104 Å². The Morgan fingerprint density at radius 2 is 1.55 bits per heavy atom. The zero-order valence-corrected chi connectivity index (χ0v) is 19.3. The highest BCUT2D eigenvalue weighted by molar-refractivity contribution is 6.10. The summed E-state index contributed by atoms with van der Waals surface area (Å²) in [6.45, 7) is 11.6. The lowest BCUT2D eigenvalue weighted by molar-refractivity contribution is -0.143. The van der Waals surface area contributed by atoms with Crippen molar-refractivity contribution in [2.45, 2.75) is 72.5 Å². The van der Waals surface area contributed by atoms with Crippen LogP contribution in [0.1, 0.15) is 60.6 Å². The third-order valence-electron chi connectivity index (χ3n) is 3.45. The summed E-state index contributed by atoms with van der Waals surface area (Å²) in [5.74, 6) is -1.55. The number of ether oxygens (including phenoxy) is 4. The molecular formula is C21H31FN2O7. The summed E-state index contributed by atoms with van der Waals surface area (Å²) in [7, 11) is 1.25. The number of hydrogen-bond acceptors (Lipinski definition) is 8. The number of halogens is 1. The average molecular weight is 442 g/mol. The molecule has 0 N–H and O–H groups in total. The maximum atomic E-state index is 14.8. The van der Waals surface area contributed by atoms with Crippen molar-refractivity contribution in [1.82, 2.24) is 4.98 Å². The van der Waals surface area contributed by atoms with Gasteiger partial charge in [0.15, 0.2) is 0 Å². The molecule has 0 atom stereocenters. The van der Waals surface area contributed by atoms with Crippen molar-refractivity contribution in [3.05, 3.63) is 17.6 Å². The van der Waals surface area contributed by atoms with Crippen LogP contribution in [0.5, 0.6) is 5.88 Å². The van der Waals surface area contributed by atoms with Crippen LogP contribution in [-0.4, -0.2) is 48.1 Å². The summed E-state index contributed by atoms with van der Waals surface area (Å²) >= 11 is 0. The molecule has 0 spiro atoms. The van der Waals surface area contributed by atoms with Gasteiger partial charge in [-0.15, -0.1) is 0 Å². The van der Waals surface area contributed by atoms with E-state index in [1.807, 2.05) is 0 Å². The Labute approximate surface area is 181 Å². The standard InChI is InChI=1S/C21H31FN2O7/c1-9-29-16(25)11-10-14-13(22)12-15(17(23-14)28-8)24(18(26)30-20(2,3)4)19(27)31-21(5,6)7/h12H,9-11H2,1-8H3. The van der Waals surface area contributed by atoms with Crippen LogP contribution in [0.3, 0.4) is 0 Å². The van der Waals surface area contributed by atoms with Gasteiger partial charge in [-0.2, -0.15) is 4.90 Å². The number of rotatable bonds is 6. The molecule has 0 aliphatic carbocycles. The first kappa shape index (κ1) is 26.1. The largest absolute Gasteiger partial charge is 0.479 e. The molecule has 0 radical (unpaired) electrons. The molecule has 0 unspecified atom stereocenters. The van der Waals surface area contributed by atoms with Gasteiger partial charge in [0.2, 0.25) is 5.88 Å². The van der Waals surface area contributed by atoms with Gasteiger partial charge in [0.1, 0.15) is 22.7 Å². The van der Waals surface area contributed by atoms with Gasteiger partial charge in [-0.1, -0.05) is 0 Å². The van der Waals surface area contributed by atoms with E-state index in [0.29, 0.717) is 4.90 Å². The Hall–Kier alpha value is -2.91. The number of pyridine rings is 1. The van der Waals surface area contributed by atoms with E-state index in [1.54, 1.807) is 48.5 Å². The molecule has 174 valence electrons. The fourth-order valence-electron chi connectivity index (χ4n) is 2.32. The highest BCUT2D eigenvalue weighted by Gasteiger charge is 2.35. The van der Waals surface area contributed by atoms with Crippen molar-refractivity contribution in [3.63, 3.8) is 0 Å². The second-order valence-corrected chi connectivity index (χ2v) is 8.55. The van der Waals surface area contributed by atoms with Gasteiger partial charge >= 0.3 is 18.2 Å². The number of aryl methyl sites for hydroxylation is 1. The average Bonchev–Trinajstić information content (AvgIpc) is 2.58. The normalized spacial score (nSPS) is 11.5. The molecule has 1 aromatic heterocycles. The van der Waals surface area contributed by atoms with E-state index in [0.717, 1.165) is 6.07 Å². The minimum Gasteiger partial charge on any atom is -0.479 e. The first-order chi connectivity index (χ1) is 14.2. The third kappa shape index (κ3) is 8.39. The molecule has 0 saturated heterocycles. The highest BCUT2D eigenvalue weighted by Crippen LogP contribution is 2.31. The van der Waals surface area contributed by atoms with Crippen molar-refractivity contribution in [1.29, 1.82) is 0 Å². The SMILES string of the molecule is CCOC(=O)CCc1nc(OC)c(N(C(=O)OC(C)(C)C)C(=O)OC(C)(C)C)cc1F. The Morgan fingerprint density at radius 1 is 1.03 bits per heavy atom. The first-order valence-corrected chi connectivity index (χ1v) is 9.83. The summed E-state index contributed by atoms with van der Waals surface area (Å²) in [5.41, 5.74) is -2.24. The summed E-state index contributed by atoms with van der Waals surface area (Å²) in [5, 5.41) is 0. The number of carbonyl (C=O) groups is 3. The van der Waals surface area contributed by atoms with E-state index in [9.17, 15) is 18.8 Å². The molecule has 1 aromatic rings. The predicted molar refractivity (Wildman–Crippen MR) is 111 cm³/mol. The van der Waals surface area contributed by atoms with Crippen LogP contribution in [-0.2, 0) is 25.4 Å². The first-order valence-electron chi connectivity index (χ1n) is 9.83. The van der Waals surface area contributed by atoms with Gasteiger partial charge in [-0.05, 0) is 48.5 Å². The molecule has 10 heteroatoms. The molecule has 0 aliphatic heterocycles. The molecule has 0 aliphatic rings. The summed E-state index contributed by atoms with van der Waals surface area (Å²) in [4.78, 5) is 41.7. The number of carbonyl (C=O) groups excluding carboxylic acids is 3.